The van der Waals surface area contributed by atoms with Crippen LogP contribution < -0.4 is 5.32 Å². The van der Waals surface area contributed by atoms with E-state index in [1.54, 1.807) is 0 Å². The zero-order valence-electron chi connectivity index (χ0n) is 11.1. The van der Waals surface area contributed by atoms with Gasteiger partial charge in [-0.15, -0.1) is 0 Å². The Kier molecular flexibility index (Phi) is 4.15. The van der Waals surface area contributed by atoms with Gasteiger partial charge in [0.15, 0.2) is 5.82 Å². The number of aromatic nitrogens is 2. The minimum absolute atomic E-state index is 0.343. The first-order valence-electron chi connectivity index (χ1n) is 6.76. The Morgan fingerprint density at radius 1 is 1.41 bits per heavy atom. The van der Waals surface area contributed by atoms with Crippen molar-refractivity contribution in [3.05, 3.63) is 11.7 Å². The van der Waals surface area contributed by atoms with Gasteiger partial charge in [-0.1, -0.05) is 25.9 Å². The molecule has 1 aliphatic rings. The Labute approximate surface area is 103 Å². The molecule has 0 saturated heterocycles. The second kappa shape index (κ2) is 5.63. The molecule has 0 amide bonds. The van der Waals surface area contributed by atoms with Crippen LogP contribution in [0, 0.1) is 5.92 Å². The van der Waals surface area contributed by atoms with Crippen LogP contribution in [0.3, 0.4) is 0 Å². The van der Waals surface area contributed by atoms with E-state index in [9.17, 15) is 0 Å². The van der Waals surface area contributed by atoms with Crippen LogP contribution in [-0.4, -0.2) is 22.7 Å². The smallest absolute Gasteiger partial charge is 0.228 e. The van der Waals surface area contributed by atoms with Crippen molar-refractivity contribution in [2.75, 3.05) is 6.54 Å². The summed E-state index contributed by atoms with van der Waals surface area (Å²) in [6.07, 6.45) is 4.73. The predicted octanol–water partition coefficient (Wildman–Crippen LogP) is 2.51. The molecule has 0 aromatic carbocycles. The Morgan fingerprint density at radius 2 is 2.18 bits per heavy atom. The van der Waals surface area contributed by atoms with Crippen LogP contribution in [0.4, 0.5) is 0 Å². The molecule has 1 aromatic rings. The summed E-state index contributed by atoms with van der Waals surface area (Å²) in [5, 5.41) is 7.61. The summed E-state index contributed by atoms with van der Waals surface area (Å²) >= 11 is 0. The van der Waals surface area contributed by atoms with Gasteiger partial charge in [0.25, 0.3) is 0 Å². The van der Waals surface area contributed by atoms with Gasteiger partial charge in [0, 0.05) is 18.4 Å². The van der Waals surface area contributed by atoms with Crippen molar-refractivity contribution in [3.63, 3.8) is 0 Å². The maximum atomic E-state index is 5.31. The van der Waals surface area contributed by atoms with E-state index in [1.807, 2.05) is 0 Å². The van der Waals surface area contributed by atoms with E-state index < -0.39 is 0 Å². The van der Waals surface area contributed by atoms with E-state index in [1.165, 1.54) is 19.3 Å². The summed E-state index contributed by atoms with van der Waals surface area (Å²) in [5.74, 6) is 2.77. The zero-order valence-corrected chi connectivity index (χ0v) is 11.1. The van der Waals surface area contributed by atoms with Crippen molar-refractivity contribution in [2.24, 2.45) is 5.92 Å². The highest BCUT2D eigenvalue weighted by Crippen LogP contribution is 2.34. The topological polar surface area (TPSA) is 51.0 Å². The van der Waals surface area contributed by atoms with E-state index >= 15 is 0 Å². The van der Waals surface area contributed by atoms with Gasteiger partial charge in [-0.3, -0.25) is 0 Å². The molecule has 0 spiro atoms. The minimum Gasteiger partial charge on any atom is -0.339 e. The molecule has 0 aliphatic heterocycles. The van der Waals surface area contributed by atoms with Crippen LogP contribution >= 0.6 is 0 Å². The fourth-order valence-corrected chi connectivity index (χ4v) is 2.01. The first-order valence-corrected chi connectivity index (χ1v) is 6.76. The van der Waals surface area contributed by atoms with Gasteiger partial charge in [0.1, 0.15) is 0 Å². The highest BCUT2D eigenvalue weighted by molar-refractivity contribution is 4.97. The molecule has 1 atom stereocenters. The third-order valence-electron chi connectivity index (χ3n) is 3.24. The fraction of sp³-hybridized carbons (Fsp3) is 0.846. The van der Waals surface area contributed by atoms with Crippen LogP contribution in [0.25, 0.3) is 0 Å². The quantitative estimate of drug-likeness (QED) is 0.791. The molecule has 1 aliphatic carbocycles. The lowest BCUT2D eigenvalue weighted by Crippen LogP contribution is -2.33. The van der Waals surface area contributed by atoms with Crippen molar-refractivity contribution in [1.82, 2.24) is 15.5 Å². The number of nitrogens with zero attached hydrogens (tertiary/aromatic N) is 2. The standard InChI is InChI=1S/C13H23N3O/c1-4-7-14-11(10-5-6-10)8-12-15-13(9(2)3)16-17-12/h9-11,14H,4-8H2,1-3H3. The lowest BCUT2D eigenvalue weighted by molar-refractivity contribution is 0.342. The average Bonchev–Trinajstić information content (AvgIpc) is 3.04. The van der Waals surface area contributed by atoms with Crippen LogP contribution in [-0.2, 0) is 6.42 Å². The molecule has 1 aromatic heterocycles. The van der Waals surface area contributed by atoms with Gasteiger partial charge in [0.2, 0.25) is 5.89 Å². The summed E-state index contributed by atoms with van der Waals surface area (Å²) in [5.41, 5.74) is 0. The second-order valence-electron chi connectivity index (χ2n) is 5.30. The van der Waals surface area contributed by atoms with Crippen LogP contribution in [0.1, 0.15) is 57.7 Å². The van der Waals surface area contributed by atoms with Crippen molar-refractivity contribution in [3.8, 4) is 0 Å². The molecule has 17 heavy (non-hydrogen) atoms. The number of nitrogens with one attached hydrogen (secondary N) is 1. The molecule has 1 unspecified atom stereocenters. The Morgan fingerprint density at radius 3 is 2.71 bits per heavy atom. The number of hydrogen-bond acceptors (Lipinski definition) is 4. The molecular weight excluding hydrogens is 214 g/mol. The van der Waals surface area contributed by atoms with Crippen molar-refractivity contribution in [2.45, 2.75) is 58.4 Å². The molecule has 96 valence electrons. The van der Waals surface area contributed by atoms with Crippen LogP contribution in [0.2, 0.25) is 0 Å². The normalized spacial score (nSPS) is 17.6. The molecule has 4 heteroatoms. The average molecular weight is 237 g/mol. The third kappa shape index (κ3) is 3.53. The van der Waals surface area contributed by atoms with Gasteiger partial charge in [-0.05, 0) is 31.7 Å². The van der Waals surface area contributed by atoms with E-state index in [4.69, 9.17) is 4.52 Å². The Balaban J connectivity index is 1.91. The molecule has 1 heterocycles. The van der Waals surface area contributed by atoms with Gasteiger partial charge >= 0.3 is 0 Å². The van der Waals surface area contributed by atoms with Gasteiger partial charge in [-0.25, -0.2) is 0 Å². The lowest BCUT2D eigenvalue weighted by Gasteiger charge is -2.15. The van der Waals surface area contributed by atoms with Crippen molar-refractivity contribution in [1.29, 1.82) is 0 Å². The maximum Gasteiger partial charge on any atom is 0.228 e. The summed E-state index contributed by atoms with van der Waals surface area (Å²) in [6, 6.07) is 0.524. The molecule has 1 fully saturated rings. The zero-order chi connectivity index (χ0) is 12.3. The highest BCUT2D eigenvalue weighted by atomic mass is 16.5. The van der Waals surface area contributed by atoms with Gasteiger partial charge < -0.3 is 9.84 Å². The summed E-state index contributed by atoms with van der Waals surface area (Å²) in [7, 11) is 0. The SMILES string of the molecule is CCCNC(Cc1nc(C(C)C)no1)C1CC1. The predicted molar refractivity (Wildman–Crippen MR) is 66.9 cm³/mol. The number of rotatable bonds is 7. The van der Waals surface area contributed by atoms with Gasteiger partial charge in [-0.2, -0.15) is 4.98 Å². The largest absolute Gasteiger partial charge is 0.339 e. The van der Waals surface area contributed by atoms with Crippen molar-refractivity contribution >= 4 is 0 Å². The summed E-state index contributed by atoms with van der Waals surface area (Å²) in [6.45, 7) is 7.44. The monoisotopic (exact) mass is 237 g/mol. The minimum atomic E-state index is 0.343. The summed E-state index contributed by atoms with van der Waals surface area (Å²) in [4.78, 5) is 4.45. The van der Waals surface area contributed by atoms with E-state index in [2.05, 4.69) is 36.2 Å². The Bertz CT molecular complexity index is 344. The first-order chi connectivity index (χ1) is 8.20. The molecule has 0 bridgehead atoms. The third-order valence-corrected chi connectivity index (χ3v) is 3.24. The molecular formula is C13H23N3O. The van der Waals surface area contributed by atoms with Crippen LogP contribution in [0.5, 0.6) is 0 Å². The van der Waals surface area contributed by atoms with E-state index in [-0.39, 0.29) is 0 Å². The molecule has 1 N–H and O–H groups in total. The summed E-state index contributed by atoms with van der Waals surface area (Å²) < 4.78 is 5.31. The maximum absolute atomic E-state index is 5.31. The molecule has 4 nitrogen and oxygen atoms in total. The van der Waals surface area contributed by atoms with Gasteiger partial charge in [0.05, 0.1) is 0 Å². The van der Waals surface area contributed by atoms with Crippen LogP contribution in [0.15, 0.2) is 4.52 Å². The highest BCUT2D eigenvalue weighted by Gasteiger charge is 2.32. The van der Waals surface area contributed by atoms with Crippen molar-refractivity contribution < 1.29 is 4.52 Å². The first kappa shape index (κ1) is 12.6. The van der Waals surface area contributed by atoms with E-state index in [0.29, 0.717) is 12.0 Å². The lowest BCUT2D eigenvalue weighted by atomic mass is 10.1. The molecule has 2 rings (SSSR count). The Hall–Kier alpha value is -0.900. The second-order valence-corrected chi connectivity index (χ2v) is 5.30. The fourth-order valence-electron chi connectivity index (χ4n) is 2.01. The number of hydrogen-bond donors (Lipinski definition) is 1. The molecule has 1 saturated carbocycles. The van der Waals surface area contributed by atoms with E-state index in [0.717, 1.165) is 30.6 Å². The molecule has 0 radical (unpaired) electrons.